The summed E-state index contributed by atoms with van der Waals surface area (Å²) in [5.74, 6) is 0. The van der Waals surface area contributed by atoms with Crippen LogP contribution in [0, 0.1) is 0 Å². The topological polar surface area (TPSA) is 39.1 Å². The number of nitrogens with zero attached hydrogens (tertiary/aromatic N) is 2. The zero-order valence-corrected chi connectivity index (χ0v) is 11.1. The van der Waals surface area contributed by atoms with Gasteiger partial charge >= 0.3 is 0 Å². The van der Waals surface area contributed by atoms with E-state index in [0.717, 1.165) is 45.7 Å². The average Bonchev–Trinajstić information content (AvgIpc) is 2.78. The van der Waals surface area contributed by atoms with E-state index in [0.29, 0.717) is 0 Å². The lowest BCUT2D eigenvalue weighted by atomic mass is 10.3. The molecule has 0 aliphatic rings. The van der Waals surface area contributed by atoms with Crippen molar-refractivity contribution in [1.29, 1.82) is 0 Å². The molecule has 1 aromatic rings. The number of hydrogen-bond donors (Lipinski definition) is 1. The van der Waals surface area contributed by atoms with E-state index in [2.05, 4.69) is 28.0 Å². The fourth-order valence-corrected chi connectivity index (χ4v) is 1.67. The van der Waals surface area contributed by atoms with Crippen molar-refractivity contribution >= 4 is 0 Å². The van der Waals surface area contributed by atoms with Crippen molar-refractivity contribution in [3.63, 3.8) is 0 Å². The summed E-state index contributed by atoms with van der Waals surface area (Å²) in [5.41, 5.74) is 1.17. The minimum Gasteiger partial charge on any atom is -0.382 e. The molecule has 17 heavy (non-hydrogen) atoms. The molecule has 0 aromatic carbocycles. The Bertz CT molecular complexity index is 259. The lowest BCUT2D eigenvalue weighted by Crippen LogP contribution is -2.17. The van der Waals surface area contributed by atoms with Crippen molar-refractivity contribution in [2.75, 3.05) is 26.3 Å². The van der Waals surface area contributed by atoms with E-state index in [1.54, 1.807) is 0 Å². The van der Waals surface area contributed by atoms with Crippen molar-refractivity contribution in [3.8, 4) is 0 Å². The summed E-state index contributed by atoms with van der Waals surface area (Å²) >= 11 is 0. The summed E-state index contributed by atoms with van der Waals surface area (Å²) in [6, 6.07) is 0. The Balaban J connectivity index is 2.14. The molecule has 0 saturated heterocycles. The van der Waals surface area contributed by atoms with E-state index in [-0.39, 0.29) is 0 Å². The number of ether oxygens (including phenoxy) is 1. The van der Waals surface area contributed by atoms with Gasteiger partial charge in [-0.2, -0.15) is 0 Å². The van der Waals surface area contributed by atoms with Crippen molar-refractivity contribution in [2.24, 2.45) is 0 Å². The van der Waals surface area contributed by atoms with E-state index in [1.165, 1.54) is 12.1 Å². The lowest BCUT2D eigenvalue weighted by Gasteiger charge is -2.02. The normalized spacial score (nSPS) is 10.9. The van der Waals surface area contributed by atoms with Crippen LogP contribution in [0.25, 0.3) is 0 Å². The van der Waals surface area contributed by atoms with Crippen LogP contribution < -0.4 is 5.32 Å². The standard InChI is InChI=1S/C13H25N3O/c1-3-7-14-8-6-13-11-16(12-15-13)9-5-10-17-4-2/h11-12,14H,3-10H2,1-2H3. The van der Waals surface area contributed by atoms with Crippen molar-refractivity contribution in [1.82, 2.24) is 14.9 Å². The molecule has 98 valence electrons. The van der Waals surface area contributed by atoms with Crippen molar-refractivity contribution < 1.29 is 4.74 Å². The predicted molar refractivity (Wildman–Crippen MR) is 70.2 cm³/mol. The zero-order chi connectivity index (χ0) is 12.3. The molecule has 0 amide bonds. The molecule has 0 fully saturated rings. The van der Waals surface area contributed by atoms with Gasteiger partial charge in [0.25, 0.3) is 0 Å². The fraction of sp³-hybridized carbons (Fsp3) is 0.769. The molecule has 1 heterocycles. The van der Waals surface area contributed by atoms with Crippen LogP contribution in [0.15, 0.2) is 12.5 Å². The van der Waals surface area contributed by atoms with E-state index in [9.17, 15) is 0 Å². The van der Waals surface area contributed by atoms with Crippen LogP contribution in [-0.2, 0) is 17.7 Å². The second kappa shape index (κ2) is 9.19. The minimum atomic E-state index is 0.804. The maximum atomic E-state index is 5.31. The Kier molecular flexibility index (Phi) is 7.67. The molecule has 0 bridgehead atoms. The number of rotatable bonds is 10. The van der Waals surface area contributed by atoms with Crippen molar-refractivity contribution in [2.45, 2.75) is 39.7 Å². The summed E-state index contributed by atoms with van der Waals surface area (Å²) in [5, 5.41) is 3.38. The van der Waals surface area contributed by atoms with Crippen LogP contribution >= 0.6 is 0 Å². The van der Waals surface area contributed by atoms with Crippen LogP contribution in [0.4, 0.5) is 0 Å². The maximum absolute atomic E-state index is 5.31. The zero-order valence-electron chi connectivity index (χ0n) is 11.1. The summed E-state index contributed by atoms with van der Waals surface area (Å²) in [6.07, 6.45) is 7.31. The van der Waals surface area contributed by atoms with Gasteiger partial charge in [0.15, 0.2) is 0 Å². The van der Waals surface area contributed by atoms with Gasteiger partial charge in [-0.1, -0.05) is 6.92 Å². The Morgan fingerprint density at radius 1 is 1.35 bits per heavy atom. The summed E-state index contributed by atoms with van der Waals surface area (Å²) < 4.78 is 7.46. The van der Waals surface area contributed by atoms with Gasteiger partial charge < -0.3 is 14.6 Å². The van der Waals surface area contributed by atoms with E-state index < -0.39 is 0 Å². The third-order valence-corrected chi connectivity index (χ3v) is 2.58. The first-order valence-corrected chi connectivity index (χ1v) is 6.66. The molecule has 4 nitrogen and oxygen atoms in total. The Hall–Kier alpha value is -0.870. The first-order valence-electron chi connectivity index (χ1n) is 6.66. The van der Waals surface area contributed by atoms with Gasteiger partial charge in [-0.15, -0.1) is 0 Å². The van der Waals surface area contributed by atoms with Gasteiger partial charge in [0.2, 0.25) is 0 Å². The summed E-state index contributed by atoms with van der Waals surface area (Å²) in [6.45, 7) is 8.95. The smallest absolute Gasteiger partial charge is 0.0949 e. The minimum absolute atomic E-state index is 0.804. The molecule has 0 spiro atoms. The van der Waals surface area contributed by atoms with Gasteiger partial charge in [-0.05, 0) is 26.3 Å². The first kappa shape index (κ1) is 14.2. The Morgan fingerprint density at radius 3 is 3.00 bits per heavy atom. The number of aromatic nitrogens is 2. The van der Waals surface area contributed by atoms with E-state index in [1.807, 2.05) is 13.3 Å². The monoisotopic (exact) mass is 239 g/mol. The molecule has 0 saturated carbocycles. The molecule has 1 N–H and O–H groups in total. The summed E-state index contributed by atoms with van der Waals surface area (Å²) in [4.78, 5) is 4.39. The van der Waals surface area contributed by atoms with Crippen LogP contribution in [0.5, 0.6) is 0 Å². The number of imidazole rings is 1. The molecular weight excluding hydrogens is 214 g/mol. The molecule has 0 atom stereocenters. The second-order valence-corrected chi connectivity index (χ2v) is 4.15. The van der Waals surface area contributed by atoms with Gasteiger partial charge in [-0.3, -0.25) is 0 Å². The third-order valence-electron chi connectivity index (χ3n) is 2.58. The quantitative estimate of drug-likeness (QED) is 0.633. The van der Waals surface area contributed by atoms with Crippen LogP contribution in [0.1, 0.15) is 32.4 Å². The predicted octanol–water partition coefficient (Wildman–Crippen LogP) is 1.85. The van der Waals surface area contributed by atoms with Gasteiger partial charge in [0.1, 0.15) is 0 Å². The molecule has 0 aliphatic heterocycles. The molecular formula is C13H25N3O. The van der Waals surface area contributed by atoms with Crippen LogP contribution in [0.3, 0.4) is 0 Å². The number of nitrogens with one attached hydrogen (secondary N) is 1. The van der Waals surface area contributed by atoms with Crippen molar-refractivity contribution in [3.05, 3.63) is 18.2 Å². The maximum Gasteiger partial charge on any atom is 0.0949 e. The third kappa shape index (κ3) is 6.44. The Morgan fingerprint density at radius 2 is 2.24 bits per heavy atom. The highest BCUT2D eigenvalue weighted by Crippen LogP contribution is 1.98. The molecule has 0 unspecified atom stereocenters. The first-order chi connectivity index (χ1) is 8.36. The number of hydrogen-bond acceptors (Lipinski definition) is 3. The van der Waals surface area contributed by atoms with Crippen LogP contribution in [-0.4, -0.2) is 35.9 Å². The second-order valence-electron chi connectivity index (χ2n) is 4.15. The molecule has 0 radical (unpaired) electrons. The highest BCUT2D eigenvalue weighted by Gasteiger charge is 1.98. The molecule has 4 heteroatoms. The van der Waals surface area contributed by atoms with Gasteiger partial charge in [-0.25, -0.2) is 4.98 Å². The van der Waals surface area contributed by atoms with Gasteiger partial charge in [0.05, 0.1) is 12.0 Å². The largest absolute Gasteiger partial charge is 0.382 e. The van der Waals surface area contributed by atoms with Crippen LogP contribution in [0.2, 0.25) is 0 Å². The highest BCUT2D eigenvalue weighted by atomic mass is 16.5. The SMILES string of the molecule is CCCNCCc1cn(CCCOCC)cn1. The summed E-state index contributed by atoms with van der Waals surface area (Å²) in [7, 11) is 0. The Labute approximate surface area is 104 Å². The highest BCUT2D eigenvalue weighted by molar-refractivity contribution is 4.97. The van der Waals surface area contributed by atoms with E-state index >= 15 is 0 Å². The average molecular weight is 239 g/mol. The molecule has 1 aromatic heterocycles. The van der Waals surface area contributed by atoms with Gasteiger partial charge in [0, 0.05) is 38.9 Å². The molecule has 0 aliphatic carbocycles. The lowest BCUT2D eigenvalue weighted by molar-refractivity contribution is 0.141. The molecule has 1 rings (SSSR count). The number of aryl methyl sites for hydroxylation is 1. The fourth-order valence-electron chi connectivity index (χ4n) is 1.67. The van der Waals surface area contributed by atoms with E-state index in [4.69, 9.17) is 4.74 Å².